The Kier molecular flexibility index (Phi) is 4.37. The second-order valence-corrected chi connectivity index (χ2v) is 7.35. The van der Waals surface area contributed by atoms with Gasteiger partial charge in [0, 0.05) is 32.1 Å². The van der Waals surface area contributed by atoms with Crippen LogP contribution in [0.4, 0.5) is 5.82 Å². The van der Waals surface area contributed by atoms with Gasteiger partial charge in [-0.3, -0.25) is 4.90 Å². The number of hydrogen-bond donors (Lipinski definition) is 1. The summed E-state index contributed by atoms with van der Waals surface area (Å²) in [5.74, 6) is 3.07. The number of morpholine rings is 1. The van der Waals surface area contributed by atoms with Crippen molar-refractivity contribution >= 4 is 11.5 Å². The van der Waals surface area contributed by atoms with Crippen LogP contribution >= 0.6 is 0 Å². The van der Waals surface area contributed by atoms with Crippen molar-refractivity contribution in [3.63, 3.8) is 0 Å². The maximum atomic E-state index is 5.89. The number of nitrogens with one attached hydrogen (secondary N) is 1. The molecule has 1 atom stereocenters. The van der Waals surface area contributed by atoms with Crippen molar-refractivity contribution in [1.82, 2.24) is 24.7 Å². The van der Waals surface area contributed by atoms with E-state index in [9.17, 15) is 0 Å². The van der Waals surface area contributed by atoms with Gasteiger partial charge in [-0.1, -0.05) is 13.8 Å². The van der Waals surface area contributed by atoms with Gasteiger partial charge in [-0.2, -0.15) is 4.52 Å². The molecule has 1 saturated heterocycles. The number of hydrogen-bond acceptors (Lipinski definition) is 6. The van der Waals surface area contributed by atoms with E-state index in [1.165, 1.54) is 12.8 Å². The first-order chi connectivity index (χ1) is 11.7. The molecule has 2 aromatic rings. The van der Waals surface area contributed by atoms with Crippen molar-refractivity contribution in [3.05, 3.63) is 18.0 Å². The van der Waals surface area contributed by atoms with Crippen LogP contribution < -0.4 is 5.32 Å². The molecule has 0 aromatic carbocycles. The SMILES string of the molecule is CC(C)CN1CCOC(CNc2ccc3nnc(C4CC4)n3n2)C1. The minimum absolute atomic E-state index is 0.207. The summed E-state index contributed by atoms with van der Waals surface area (Å²) in [6, 6.07) is 3.94. The van der Waals surface area contributed by atoms with E-state index in [1.807, 2.05) is 16.6 Å². The van der Waals surface area contributed by atoms with Crippen LogP contribution in [0.3, 0.4) is 0 Å². The molecule has 7 nitrogen and oxygen atoms in total. The zero-order valence-corrected chi connectivity index (χ0v) is 14.5. The summed E-state index contributed by atoms with van der Waals surface area (Å²) in [5, 5.41) is 16.6. The van der Waals surface area contributed by atoms with Crippen molar-refractivity contribution in [2.75, 3.05) is 38.1 Å². The Morgan fingerprint density at radius 1 is 1.29 bits per heavy atom. The molecule has 0 bridgehead atoms. The summed E-state index contributed by atoms with van der Waals surface area (Å²) < 4.78 is 7.77. The van der Waals surface area contributed by atoms with E-state index in [4.69, 9.17) is 4.74 Å². The molecule has 1 N–H and O–H groups in total. The normalized spacial score (nSPS) is 22.4. The molecular weight excluding hydrogens is 304 g/mol. The van der Waals surface area contributed by atoms with Crippen LogP contribution in [-0.4, -0.2) is 63.6 Å². The highest BCUT2D eigenvalue weighted by Gasteiger charge is 2.29. The quantitative estimate of drug-likeness (QED) is 0.871. The molecule has 1 aliphatic carbocycles. The Balaban J connectivity index is 1.38. The van der Waals surface area contributed by atoms with Crippen LogP contribution in [0.2, 0.25) is 0 Å². The van der Waals surface area contributed by atoms with Gasteiger partial charge >= 0.3 is 0 Å². The van der Waals surface area contributed by atoms with Gasteiger partial charge in [-0.05, 0) is 30.9 Å². The third-order valence-corrected chi connectivity index (χ3v) is 4.59. The molecule has 7 heteroatoms. The van der Waals surface area contributed by atoms with Crippen molar-refractivity contribution in [3.8, 4) is 0 Å². The lowest BCUT2D eigenvalue weighted by Gasteiger charge is -2.34. The van der Waals surface area contributed by atoms with Crippen LogP contribution in [0, 0.1) is 5.92 Å². The van der Waals surface area contributed by atoms with Gasteiger partial charge in [0.05, 0.1) is 12.7 Å². The van der Waals surface area contributed by atoms with Crippen molar-refractivity contribution in [1.29, 1.82) is 0 Å². The molecule has 1 unspecified atom stereocenters. The predicted molar refractivity (Wildman–Crippen MR) is 92.3 cm³/mol. The lowest BCUT2D eigenvalue weighted by Crippen LogP contribution is -2.46. The Hall–Kier alpha value is -1.73. The number of nitrogens with zero attached hydrogens (tertiary/aromatic N) is 5. The van der Waals surface area contributed by atoms with E-state index in [1.54, 1.807) is 0 Å². The second kappa shape index (κ2) is 6.64. The monoisotopic (exact) mass is 330 g/mol. The number of ether oxygens (including phenoxy) is 1. The second-order valence-electron chi connectivity index (χ2n) is 7.35. The van der Waals surface area contributed by atoms with Gasteiger partial charge in [0.2, 0.25) is 0 Å². The number of anilines is 1. The first kappa shape index (κ1) is 15.8. The number of rotatable bonds is 6. The van der Waals surface area contributed by atoms with E-state index in [0.717, 1.165) is 50.1 Å². The lowest BCUT2D eigenvalue weighted by atomic mass is 10.2. The molecule has 2 fully saturated rings. The molecule has 0 amide bonds. The summed E-state index contributed by atoms with van der Waals surface area (Å²) in [4.78, 5) is 2.49. The van der Waals surface area contributed by atoms with Crippen LogP contribution in [0.15, 0.2) is 12.1 Å². The zero-order chi connectivity index (χ0) is 16.5. The average molecular weight is 330 g/mol. The fourth-order valence-electron chi connectivity index (χ4n) is 3.30. The third kappa shape index (κ3) is 3.52. The minimum atomic E-state index is 0.207. The van der Waals surface area contributed by atoms with Crippen molar-refractivity contribution in [2.45, 2.75) is 38.7 Å². The Morgan fingerprint density at radius 2 is 2.17 bits per heavy atom. The molecule has 2 aromatic heterocycles. The maximum Gasteiger partial charge on any atom is 0.178 e. The summed E-state index contributed by atoms with van der Waals surface area (Å²) in [6.45, 7) is 9.25. The Labute approximate surface area is 142 Å². The zero-order valence-electron chi connectivity index (χ0n) is 14.5. The third-order valence-electron chi connectivity index (χ3n) is 4.59. The van der Waals surface area contributed by atoms with Crippen LogP contribution in [-0.2, 0) is 4.74 Å². The van der Waals surface area contributed by atoms with Gasteiger partial charge in [0.25, 0.3) is 0 Å². The smallest absolute Gasteiger partial charge is 0.178 e. The summed E-state index contributed by atoms with van der Waals surface area (Å²) in [7, 11) is 0. The first-order valence-electron chi connectivity index (χ1n) is 8.99. The van der Waals surface area contributed by atoms with E-state index in [-0.39, 0.29) is 6.10 Å². The maximum absolute atomic E-state index is 5.89. The van der Waals surface area contributed by atoms with Crippen LogP contribution in [0.5, 0.6) is 0 Å². The summed E-state index contributed by atoms with van der Waals surface area (Å²) in [5.41, 5.74) is 0.819. The van der Waals surface area contributed by atoms with E-state index < -0.39 is 0 Å². The molecule has 130 valence electrons. The van der Waals surface area contributed by atoms with E-state index in [0.29, 0.717) is 11.8 Å². The largest absolute Gasteiger partial charge is 0.374 e. The molecule has 0 spiro atoms. The first-order valence-corrected chi connectivity index (χ1v) is 8.99. The van der Waals surface area contributed by atoms with Crippen LogP contribution in [0.25, 0.3) is 5.65 Å². The van der Waals surface area contributed by atoms with Gasteiger partial charge in [-0.25, -0.2) is 0 Å². The highest BCUT2D eigenvalue weighted by molar-refractivity contribution is 5.44. The minimum Gasteiger partial charge on any atom is -0.374 e. The van der Waals surface area contributed by atoms with E-state index >= 15 is 0 Å². The fraction of sp³-hybridized carbons (Fsp3) is 0.706. The molecule has 4 rings (SSSR count). The number of aromatic nitrogens is 4. The van der Waals surface area contributed by atoms with E-state index in [2.05, 4.69) is 39.4 Å². The highest BCUT2D eigenvalue weighted by atomic mass is 16.5. The fourth-order valence-corrected chi connectivity index (χ4v) is 3.30. The van der Waals surface area contributed by atoms with Crippen molar-refractivity contribution in [2.24, 2.45) is 5.92 Å². The number of fused-ring (bicyclic) bond motifs is 1. The molecule has 2 aliphatic rings. The molecular formula is C17H26N6O. The lowest BCUT2D eigenvalue weighted by molar-refractivity contribution is -0.0244. The topological polar surface area (TPSA) is 67.6 Å². The van der Waals surface area contributed by atoms with Crippen molar-refractivity contribution < 1.29 is 4.74 Å². The molecule has 0 radical (unpaired) electrons. The standard InChI is InChI=1S/C17H26N6O/c1-12(2)10-22-7-8-24-14(11-22)9-18-15-5-6-16-19-20-17(13-3-4-13)23(16)21-15/h5-6,12-14H,3-4,7-11H2,1-2H3,(H,18,21). The predicted octanol–water partition coefficient (Wildman–Crippen LogP) is 1.77. The van der Waals surface area contributed by atoms with Gasteiger partial charge < -0.3 is 10.1 Å². The average Bonchev–Trinajstić information content (AvgIpc) is 3.32. The molecule has 1 aliphatic heterocycles. The van der Waals surface area contributed by atoms with Gasteiger partial charge in [0.1, 0.15) is 5.82 Å². The summed E-state index contributed by atoms with van der Waals surface area (Å²) in [6.07, 6.45) is 2.60. The molecule has 24 heavy (non-hydrogen) atoms. The molecule has 1 saturated carbocycles. The van der Waals surface area contributed by atoms with Gasteiger partial charge in [0.15, 0.2) is 11.5 Å². The van der Waals surface area contributed by atoms with Crippen LogP contribution in [0.1, 0.15) is 38.4 Å². The highest BCUT2D eigenvalue weighted by Crippen LogP contribution is 2.38. The summed E-state index contributed by atoms with van der Waals surface area (Å²) >= 11 is 0. The molecule has 3 heterocycles. The Bertz CT molecular complexity index is 695. The Morgan fingerprint density at radius 3 is 2.96 bits per heavy atom. The van der Waals surface area contributed by atoms with Gasteiger partial charge in [-0.15, -0.1) is 15.3 Å².